The van der Waals surface area contributed by atoms with Gasteiger partial charge in [-0.3, -0.25) is 9.59 Å². The number of carbonyl (C=O) groups excluding carboxylic acids is 3. The predicted molar refractivity (Wildman–Crippen MR) is 65.5 cm³/mol. The molecule has 9 heteroatoms. The smallest absolute Gasteiger partial charge is 0.326 e. The molecule has 0 aliphatic carbocycles. The number of amides is 3. The summed E-state index contributed by atoms with van der Waals surface area (Å²) in [6.07, 6.45) is -0.0256. The van der Waals surface area contributed by atoms with Gasteiger partial charge in [-0.15, -0.1) is 0 Å². The van der Waals surface area contributed by atoms with Crippen LogP contribution in [0.1, 0.15) is 12.8 Å². The van der Waals surface area contributed by atoms with Crippen molar-refractivity contribution in [2.45, 2.75) is 18.9 Å². The molecule has 0 bridgehead atoms. The van der Waals surface area contributed by atoms with Crippen molar-refractivity contribution in [3.8, 4) is 0 Å². The lowest BCUT2D eigenvalue weighted by atomic mass is 10.1. The molecule has 1 fully saturated rings. The lowest BCUT2D eigenvalue weighted by molar-refractivity contribution is -0.147. The number of ether oxygens (including phenoxy) is 1. The van der Waals surface area contributed by atoms with Crippen LogP contribution in [0.5, 0.6) is 0 Å². The SMILES string of the molecule is COC(=O)C[C@H](NC(=O)N1CCC(C(N)=O)C1)C(=O)O. The van der Waals surface area contributed by atoms with Gasteiger partial charge in [-0.2, -0.15) is 0 Å². The maximum absolute atomic E-state index is 11.8. The molecule has 9 nitrogen and oxygen atoms in total. The zero-order chi connectivity index (χ0) is 15.3. The van der Waals surface area contributed by atoms with Gasteiger partial charge in [-0.25, -0.2) is 9.59 Å². The van der Waals surface area contributed by atoms with Crippen LogP contribution in [0.4, 0.5) is 4.79 Å². The molecule has 2 atom stereocenters. The van der Waals surface area contributed by atoms with Crippen LogP contribution >= 0.6 is 0 Å². The number of primary amides is 1. The van der Waals surface area contributed by atoms with Gasteiger partial charge in [0, 0.05) is 13.1 Å². The third-order valence-corrected chi connectivity index (χ3v) is 3.07. The van der Waals surface area contributed by atoms with Crippen LogP contribution in [0.3, 0.4) is 0 Å². The van der Waals surface area contributed by atoms with E-state index in [1.54, 1.807) is 0 Å². The molecule has 0 aromatic heterocycles. The minimum Gasteiger partial charge on any atom is -0.480 e. The Labute approximate surface area is 115 Å². The molecule has 112 valence electrons. The maximum Gasteiger partial charge on any atom is 0.326 e. The first-order valence-electron chi connectivity index (χ1n) is 5.99. The van der Waals surface area contributed by atoms with E-state index in [4.69, 9.17) is 10.8 Å². The van der Waals surface area contributed by atoms with Gasteiger partial charge in [0.15, 0.2) is 0 Å². The molecule has 0 aromatic carbocycles. The molecule has 0 spiro atoms. The minimum atomic E-state index is -1.37. The standard InChI is InChI=1S/C11H17N3O6/c1-20-8(15)4-7(10(17)18)13-11(19)14-3-2-6(5-14)9(12)16/h6-7H,2-5H2,1H3,(H2,12,16)(H,13,19)(H,17,18)/t6?,7-/m0/s1. The van der Waals surface area contributed by atoms with Gasteiger partial charge in [0.25, 0.3) is 0 Å². The first kappa shape index (κ1) is 15.7. The van der Waals surface area contributed by atoms with Gasteiger partial charge in [-0.1, -0.05) is 0 Å². The van der Waals surface area contributed by atoms with E-state index in [9.17, 15) is 19.2 Å². The van der Waals surface area contributed by atoms with Crippen molar-refractivity contribution in [2.75, 3.05) is 20.2 Å². The molecule has 1 heterocycles. The van der Waals surface area contributed by atoms with Crippen LogP contribution in [0.15, 0.2) is 0 Å². The summed E-state index contributed by atoms with van der Waals surface area (Å²) >= 11 is 0. The zero-order valence-corrected chi connectivity index (χ0v) is 11.0. The van der Waals surface area contributed by atoms with Gasteiger partial charge in [-0.05, 0) is 6.42 Å². The number of nitrogens with one attached hydrogen (secondary N) is 1. The summed E-state index contributed by atoms with van der Waals surface area (Å²) in [7, 11) is 1.13. The molecule has 1 unspecified atom stereocenters. The van der Waals surface area contributed by atoms with Crippen molar-refractivity contribution in [3.63, 3.8) is 0 Å². The average Bonchev–Trinajstić information content (AvgIpc) is 2.87. The summed E-state index contributed by atoms with van der Waals surface area (Å²) in [5.74, 6) is -3.00. The van der Waals surface area contributed by atoms with Crippen molar-refractivity contribution in [1.82, 2.24) is 10.2 Å². The molecule has 1 saturated heterocycles. The third kappa shape index (κ3) is 4.11. The van der Waals surface area contributed by atoms with Crippen LogP contribution in [0.2, 0.25) is 0 Å². The Balaban J connectivity index is 2.57. The number of carboxylic acid groups (broad SMARTS) is 1. The number of likely N-dealkylation sites (tertiary alicyclic amines) is 1. The summed E-state index contributed by atoms with van der Waals surface area (Å²) in [6.45, 7) is 0.454. The maximum atomic E-state index is 11.8. The zero-order valence-electron chi connectivity index (χ0n) is 11.0. The van der Waals surface area contributed by atoms with E-state index in [1.165, 1.54) is 4.90 Å². The number of nitrogens with two attached hydrogens (primary N) is 1. The first-order valence-corrected chi connectivity index (χ1v) is 5.99. The van der Waals surface area contributed by atoms with Crippen molar-refractivity contribution in [2.24, 2.45) is 11.7 Å². The Morgan fingerprint density at radius 2 is 2.10 bits per heavy atom. The summed E-state index contributed by atoms with van der Waals surface area (Å²) < 4.78 is 4.36. The fourth-order valence-electron chi connectivity index (χ4n) is 1.87. The Bertz CT molecular complexity index is 424. The Hall–Kier alpha value is -2.32. The average molecular weight is 287 g/mol. The van der Waals surface area contributed by atoms with E-state index in [-0.39, 0.29) is 6.54 Å². The largest absolute Gasteiger partial charge is 0.480 e. The Morgan fingerprint density at radius 3 is 2.55 bits per heavy atom. The number of nitrogens with zero attached hydrogens (tertiary/aromatic N) is 1. The lowest BCUT2D eigenvalue weighted by Crippen LogP contribution is -2.48. The number of carboxylic acids is 1. The monoisotopic (exact) mass is 287 g/mol. The first-order chi connectivity index (χ1) is 9.35. The van der Waals surface area contributed by atoms with Crippen molar-refractivity contribution in [1.29, 1.82) is 0 Å². The highest BCUT2D eigenvalue weighted by Crippen LogP contribution is 2.15. The minimum absolute atomic E-state index is 0.145. The fraction of sp³-hybridized carbons (Fsp3) is 0.636. The van der Waals surface area contributed by atoms with Gasteiger partial charge in [0.05, 0.1) is 19.4 Å². The second-order valence-electron chi connectivity index (χ2n) is 4.45. The highest BCUT2D eigenvalue weighted by Gasteiger charge is 2.32. The van der Waals surface area contributed by atoms with Crippen LogP contribution < -0.4 is 11.1 Å². The van der Waals surface area contributed by atoms with E-state index >= 15 is 0 Å². The Morgan fingerprint density at radius 1 is 1.45 bits per heavy atom. The second-order valence-corrected chi connectivity index (χ2v) is 4.45. The van der Waals surface area contributed by atoms with E-state index in [1.807, 2.05) is 0 Å². The van der Waals surface area contributed by atoms with E-state index in [0.717, 1.165) is 7.11 Å². The lowest BCUT2D eigenvalue weighted by Gasteiger charge is -2.20. The number of aliphatic carboxylic acids is 1. The molecular formula is C11H17N3O6. The molecule has 1 aliphatic rings. The Kier molecular flexibility index (Phi) is 5.30. The normalized spacial score (nSPS) is 19.2. The summed E-state index contributed by atoms with van der Waals surface area (Å²) in [5.41, 5.74) is 5.14. The number of hydrogen-bond acceptors (Lipinski definition) is 5. The molecule has 4 N–H and O–H groups in total. The predicted octanol–water partition coefficient (Wildman–Crippen LogP) is -1.48. The number of carbonyl (C=O) groups is 4. The molecule has 3 amide bonds. The molecule has 0 saturated carbocycles. The van der Waals surface area contributed by atoms with Crippen LogP contribution in [0.25, 0.3) is 0 Å². The van der Waals surface area contributed by atoms with Crippen molar-refractivity contribution >= 4 is 23.9 Å². The quantitative estimate of drug-likeness (QED) is 0.527. The van der Waals surface area contributed by atoms with E-state index < -0.39 is 42.3 Å². The number of rotatable bonds is 5. The third-order valence-electron chi connectivity index (χ3n) is 3.07. The van der Waals surface area contributed by atoms with E-state index in [2.05, 4.69) is 10.1 Å². The van der Waals surface area contributed by atoms with Crippen molar-refractivity contribution in [3.05, 3.63) is 0 Å². The molecule has 0 radical (unpaired) electrons. The molecular weight excluding hydrogens is 270 g/mol. The van der Waals surface area contributed by atoms with Crippen molar-refractivity contribution < 1.29 is 29.0 Å². The van der Waals surface area contributed by atoms with Crippen LogP contribution in [-0.2, 0) is 19.1 Å². The van der Waals surface area contributed by atoms with Gasteiger partial charge in [0.1, 0.15) is 6.04 Å². The van der Waals surface area contributed by atoms with Gasteiger partial charge < -0.3 is 25.8 Å². The number of urea groups is 1. The number of methoxy groups -OCH3 is 1. The van der Waals surface area contributed by atoms with E-state index in [0.29, 0.717) is 13.0 Å². The van der Waals surface area contributed by atoms with Gasteiger partial charge >= 0.3 is 18.0 Å². The van der Waals surface area contributed by atoms with Crippen LogP contribution in [0, 0.1) is 5.92 Å². The summed E-state index contributed by atoms with van der Waals surface area (Å²) in [6, 6.07) is -2.02. The summed E-state index contributed by atoms with van der Waals surface area (Å²) in [5, 5.41) is 11.2. The fourth-order valence-corrected chi connectivity index (χ4v) is 1.87. The second kappa shape index (κ2) is 6.73. The van der Waals surface area contributed by atoms with Gasteiger partial charge in [0.2, 0.25) is 5.91 Å². The summed E-state index contributed by atoms with van der Waals surface area (Å²) in [4.78, 5) is 46.2. The molecule has 0 aromatic rings. The molecule has 1 aliphatic heterocycles. The number of esters is 1. The highest BCUT2D eigenvalue weighted by molar-refractivity contribution is 5.87. The molecule has 1 rings (SSSR count). The highest BCUT2D eigenvalue weighted by atomic mass is 16.5. The topological polar surface area (TPSA) is 139 Å². The number of hydrogen-bond donors (Lipinski definition) is 3. The van der Waals surface area contributed by atoms with Crippen LogP contribution in [-0.4, -0.2) is 60.1 Å². The molecule has 20 heavy (non-hydrogen) atoms.